The Hall–Kier alpha value is -2.51. The first-order chi connectivity index (χ1) is 9.38. The zero-order valence-electron chi connectivity index (χ0n) is 10.2. The maximum absolute atomic E-state index is 12.7. The van der Waals surface area contributed by atoms with Gasteiger partial charge in [0.15, 0.2) is 0 Å². The number of amides is 1. The number of carbonyl (C=O) groups excluding carboxylic acids is 1. The van der Waals surface area contributed by atoms with Crippen LogP contribution in [-0.2, 0) is 11.0 Å². The molecule has 0 atom stereocenters. The fraction of sp³-hybridized carbons (Fsp3) is 0.231. The molecule has 4 nitrogen and oxygen atoms in total. The summed E-state index contributed by atoms with van der Waals surface area (Å²) in [6, 6.07) is 4.41. The highest BCUT2D eigenvalue weighted by Gasteiger charge is 2.33. The van der Waals surface area contributed by atoms with Crippen molar-refractivity contribution in [3.05, 3.63) is 29.3 Å². The highest BCUT2D eigenvalue weighted by molar-refractivity contribution is 5.92. The maximum Gasteiger partial charge on any atom is 0.417 e. The highest BCUT2D eigenvalue weighted by atomic mass is 19.4. The average molecular weight is 281 g/mol. The second-order valence-corrected chi connectivity index (χ2v) is 3.73. The van der Waals surface area contributed by atoms with Gasteiger partial charge in [-0.25, -0.2) is 0 Å². The number of alkyl halides is 3. The zero-order chi connectivity index (χ0) is 15.2. The van der Waals surface area contributed by atoms with Gasteiger partial charge in [0.05, 0.1) is 30.3 Å². The summed E-state index contributed by atoms with van der Waals surface area (Å²) in [5.41, 5.74) is -1.63. The number of nitrogens with one attached hydrogen (secondary N) is 2. The second kappa shape index (κ2) is 6.60. The van der Waals surface area contributed by atoms with E-state index in [-0.39, 0.29) is 18.8 Å². The molecule has 0 heterocycles. The molecular weight excluding hydrogens is 271 g/mol. The van der Waals surface area contributed by atoms with Crippen LogP contribution in [0.25, 0.3) is 0 Å². The van der Waals surface area contributed by atoms with Crippen LogP contribution in [0, 0.1) is 23.7 Å². The Balaban J connectivity index is 2.86. The number of hydrogen-bond donors (Lipinski definition) is 2. The van der Waals surface area contributed by atoms with Crippen molar-refractivity contribution in [2.24, 2.45) is 0 Å². The molecule has 1 aromatic carbocycles. The first kappa shape index (κ1) is 15.5. The minimum Gasteiger partial charge on any atom is -0.325 e. The molecule has 2 N–H and O–H groups in total. The fourth-order valence-electron chi connectivity index (χ4n) is 1.41. The van der Waals surface area contributed by atoms with Crippen molar-refractivity contribution < 1.29 is 18.0 Å². The maximum atomic E-state index is 12.7. The first-order valence-electron chi connectivity index (χ1n) is 5.44. The van der Waals surface area contributed by atoms with Crippen LogP contribution in [0.3, 0.4) is 0 Å². The standard InChI is InChI=1S/C13H10F3N3O/c1-2-5-18-8-12(20)19-10-4-3-9(7-17)11(6-10)13(14,15)16/h1,3-4,6,18H,5,8H2,(H,19,20). The molecule has 1 rings (SSSR count). The molecule has 0 saturated heterocycles. The topological polar surface area (TPSA) is 64.9 Å². The van der Waals surface area contributed by atoms with Gasteiger partial charge in [0.2, 0.25) is 5.91 Å². The van der Waals surface area contributed by atoms with E-state index in [0.29, 0.717) is 0 Å². The molecule has 0 bridgehead atoms. The van der Waals surface area contributed by atoms with Gasteiger partial charge in [-0.15, -0.1) is 6.42 Å². The van der Waals surface area contributed by atoms with Crippen LogP contribution in [0.4, 0.5) is 18.9 Å². The summed E-state index contributed by atoms with van der Waals surface area (Å²) < 4.78 is 38.1. The number of anilines is 1. The van der Waals surface area contributed by atoms with Crippen LogP contribution in [0.1, 0.15) is 11.1 Å². The molecule has 1 aromatic rings. The van der Waals surface area contributed by atoms with Gasteiger partial charge < -0.3 is 5.32 Å². The fourth-order valence-corrected chi connectivity index (χ4v) is 1.41. The number of rotatable bonds is 4. The molecule has 0 fully saturated rings. The number of terminal acetylenes is 1. The number of carbonyl (C=O) groups is 1. The van der Waals surface area contributed by atoms with E-state index in [0.717, 1.165) is 12.1 Å². The Kier molecular flexibility index (Phi) is 5.13. The Morgan fingerprint density at radius 1 is 1.40 bits per heavy atom. The smallest absolute Gasteiger partial charge is 0.325 e. The number of nitriles is 1. The number of benzene rings is 1. The number of nitrogens with zero attached hydrogens (tertiary/aromatic N) is 1. The Labute approximate surface area is 113 Å². The number of halogens is 3. The van der Waals surface area contributed by atoms with Crippen LogP contribution in [0.2, 0.25) is 0 Å². The number of hydrogen-bond acceptors (Lipinski definition) is 3. The minimum atomic E-state index is -4.66. The van der Waals surface area contributed by atoms with E-state index in [9.17, 15) is 18.0 Å². The molecule has 0 aliphatic carbocycles. The molecule has 0 unspecified atom stereocenters. The van der Waals surface area contributed by atoms with Gasteiger partial charge in [-0.05, 0) is 18.2 Å². The second-order valence-electron chi connectivity index (χ2n) is 3.73. The molecule has 0 spiro atoms. The lowest BCUT2D eigenvalue weighted by atomic mass is 10.1. The molecule has 1 amide bonds. The van der Waals surface area contributed by atoms with Gasteiger partial charge in [0, 0.05) is 5.69 Å². The monoisotopic (exact) mass is 281 g/mol. The van der Waals surface area contributed by atoms with Crippen LogP contribution < -0.4 is 10.6 Å². The third-order valence-corrected chi connectivity index (χ3v) is 2.24. The van der Waals surface area contributed by atoms with E-state index in [1.807, 2.05) is 0 Å². The first-order valence-corrected chi connectivity index (χ1v) is 5.44. The molecule has 0 radical (unpaired) electrons. The van der Waals surface area contributed by atoms with Crippen LogP contribution in [-0.4, -0.2) is 19.0 Å². The molecular formula is C13H10F3N3O. The summed E-state index contributed by atoms with van der Waals surface area (Å²) in [5.74, 6) is 1.73. The quantitative estimate of drug-likeness (QED) is 0.652. The van der Waals surface area contributed by atoms with E-state index in [4.69, 9.17) is 11.7 Å². The highest BCUT2D eigenvalue weighted by Crippen LogP contribution is 2.33. The van der Waals surface area contributed by atoms with E-state index in [2.05, 4.69) is 16.6 Å². The van der Waals surface area contributed by atoms with Crippen LogP contribution in [0.15, 0.2) is 18.2 Å². The summed E-state index contributed by atoms with van der Waals surface area (Å²) in [4.78, 5) is 11.4. The summed E-state index contributed by atoms with van der Waals surface area (Å²) in [5, 5.41) is 13.5. The molecule has 0 saturated carbocycles. The van der Waals surface area contributed by atoms with Crippen LogP contribution >= 0.6 is 0 Å². The van der Waals surface area contributed by atoms with Crippen LogP contribution in [0.5, 0.6) is 0 Å². The minimum absolute atomic E-state index is 0.0381. The van der Waals surface area contributed by atoms with E-state index >= 15 is 0 Å². The summed E-state index contributed by atoms with van der Waals surface area (Å²) in [7, 11) is 0. The van der Waals surface area contributed by atoms with Gasteiger partial charge in [-0.1, -0.05) is 5.92 Å². The van der Waals surface area contributed by atoms with E-state index < -0.39 is 23.2 Å². The third kappa shape index (κ3) is 4.30. The summed E-state index contributed by atoms with van der Waals surface area (Å²) in [6.07, 6.45) is 0.308. The SMILES string of the molecule is C#CCNCC(=O)Nc1ccc(C#N)c(C(F)(F)F)c1. The van der Waals surface area contributed by atoms with Crippen molar-refractivity contribution in [1.82, 2.24) is 5.32 Å². The Bertz CT molecular complexity index is 582. The molecule has 0 aromatic heterocycles. The third-order valence-electron chi connectivity index (χ3n) is 2.24. The van der Waals surface area contributed by atoms with Crippen molar-refractivity contribution in [2.75, 3.05) is 18.4 Å². The predicted molar refractivity (Wildman–Crippen MR) is 66.5 cm³/mol. The molecule has 104 valence electrons. The molecule has 0 aliphatic rings. The van der Waals surface area contributed by atoms with Crippen molar-refractivity contribution in [3.63, 3.8) is 0 Å². The lowest BCUT2D eigenvalue weighted by Gasteiger charge is -2.11. The Morgan fingerprint density at radius 3 is 2.65 bits per heavy atom. The molecule has 0 aliphatic heterocycles. The van der Waals surface area contributed by atoms with Gasteiger partial charge in [0.25, 0.3) is 0 Å². The van der Waals surface area contributed by atoms with Crippen molar-refractivity contribution in [1.29, 1.82) is 5.26 Å². The normalized spacial score (nSPS) is 10.4. The largest absolute Gasteiger partial charge is 0.417 e. The van der Waals surface area contributed by atoms with E-state index in [1.54, 1.807) is 0 Å². The van der Waals surface area contributed by atoms with Gasteiger partial charge >= 0.3 is 6.18 Å². The predicted octanol–water partition coefficient (Wildman–Crippen LogP) is 1.74. The summed E-state index contributed by atoms with van der Waals surface area (Å²) in [6.45, 7) is 0.0557. The average Bonchev–Trinajstić information content (AvgIpc) is 2.38. The molecule has 20 heavy (non-hydrogen) atoms. The Morgan fingerprint density at radius 2 is 2.10 bits per heavy atom. The van der Waals surface area contributed by atoms with Gasteiger partial charge in [-0.3, -0.25) is 10.1 Å². The van der Waals surface area contributed by atoms with Gasteiger partial charge in [0.1, 0.15) is 0 Å². The lowest BCUT2D eigenvalue weighted by Crippen LogP contribution is -2.28. The van der Waals surface area contributed by atoms with E-state index in [1.165, 1.54) is 12.1 Å². The zero-order valence-corrected chi connectivity index (χ0v) is 10.2. The van der Waals surface area contributed by atoms with Crippen molar-refractivity contribution in [3.8, 4) is 18.4 Å². The summed E-state index contributed by atoms with van der Waals surface area (Å²) >= 11 is 0. The molecule has 7 heteroatoms. The lowest BCUT2D eigenvalue weighted by molar-refractivity contribution is -0.137. The van der Waals surface area contributed by atoms with Crippen molar-refractivity contribution in [2.45, 2.75) is 6.18 Å². The van der Waals surface area contributed by atoms with Gasteiger partial charge in [-0.2, -0.15) is 18.4 Å². The van der Waals surface area contributed by atoms with Crippen molar-refractivity contribution >= 4 is 11.6 Å².